The highest BCUT2D eigenvalue weighted by Crippen LogP contribution is 2.13. The molecule has 0 bridgehead atoms. The van der Waals surface area contributed by atoms with Gasteiger partial charge >= 0.3 is 6.09 Å². The molecule has 134 valence electrons. The van der Waals surface area contributed by atoms with E-state index in [1.807, 2.05) is 25.7 Å². The molecule has 2 saturated heterocycles. The van der Waals surface area contributed by atoms with Crippen molar-refractivity contribution in [2.24, 2.45) is 5.92 Å². The fourth-order valence-corrected chi connectivity index (χ4v) is 2.99. The summed E-state index contributed by atoms with van der Waals surface area (Å²) in [5.41, 5.74) is -0.416. The van der Waals surface area contributed by atoms with E-state index in [1.165, 1.54) is 12.8 Å². The molecule has 0 spiro atoms. The van der Waals surface area contributed by atoms with E-state index in [1.54, 1.807) is 0 Å². The lowest BCUT2D eigenvalue weighted by Crippen LogP contribution is -2.51. The zero-order valence-corrected chi connectivity index (χ0v) is 15.0. The molecule has 6 heteroatoms. The molecule has 23 heavy (non-hydrogen) atoms. The Kier molecular flexibility index (Phi) is 7.11. The van der Waals surface area contributed by atoms with Crippen molar-refractivity contribution in [3.63, 3.8) is 0 Å². The van der Waals surface area contributed by atoms with Crippen molar-refractivity contribution in [2.75, 3.05) is 59.0 Å². The van der Waals surface area contributed by atoms with Crippen molar-refractivity contribution < 1.29 is 14.3 Å². The minimum atomic E-state index is -0.416. The van der Waals surface area contributed by atoms with E-state index >= 15 is 0 Å². The van der Waals surface area contributed by atoms with Crippen molar-refractivity contribution in [3.8, 4) is 0 Å². The van der Waals surface area contributed by atoms with Crippen molar-refractivity contribution in [1.29, 1.82) is 0 Å². The van der Waals surface area contributed by atoms with E-state index in [0.29, 0.717) is 5.92 Å². The average molecular weight is 327 g/mol. The van der Waals surface area contributed by atoms with E-state index in [0.717, 1.165) is 59.0 Å². The normalized spacial score (nSPS) is 23.8. The molecular formula is C17H33N3O3. The molecule has 2 fully saturated rings. The summed E-state index contributed by atoms with van der Waals surface area (Å²) in [6, 6.07) is 0. The molecule has 2 rings (SSSR count). The van der Waals surface area contributed by atoms with Crippen LogP contribution in [0.1, 0.15) is 33.6 Å². The Hall–Kier alpha value is -0.850. The Labute approximate surface area is 140 Å². The van der Waals surface area contributed by atoms with Crippen LogP contribution in [0.2, 0.25) is 0 Å². The van der Waals surface area contributed by atoms with E-state index in [2.05, 4.69) is 10.2 Å². The first-order valence-electron chi connectivity index (χ1n) is 8.93. The first-order valence-corrected chi connectivity index (χ1v) is 8.93. The quantitative estimate of drug-likeness (QED) is 0.777. The second-order valence-electron chi connectivity index (χ2n) is 7.60. The SMILES string of the molecule is CC(C)(C)OC(=O)N1CCN(CCNCC2CCCOC2)CC1. The number of rotatable bonds is 5. The predicted molar refractivity (Wildman–Crippen MR) is 90.7 cm³/mol. The topological polar surface area (TPSA) is 54.0 Å². The predicted octanol–water partition coefficient (Wildman–Crippen LogP) is 1.56. The highest BCUT2D eigenvalue weighted by molar-refractivity contribution is 5.68. The van der Waals surface area contributed by atoms with Gasteiger partial charge in [0.05, 0.1) is 6.61 Å². The van der Waals surface area contributed by atoms with Gasteiger partial charge in [-0.1, -0.05) is 0 Å². The number of hydrogen-bond acceptors (Lipinski definition) is 5. The standard InChI is InChI=1S/C17H33N3O3/c1-17(2,3)23-16(21)20-10-8-19(9-11-20)7-6-18-13-15-5-4-12-22-14-15/h15,18H,4-14H2,1-3H3. The third-order valence-electron chi connectivity index (χ3n) is 4.32. The van der Waals surface area contributed by atoms with Gasteiger partial charge in [0.15, 0.2) is 0 Å². The van der Waals surface area contributed by atoms with Crippen molar-refractivity contribution in [1.82, 2.24) is 15.1 Å². The lowest BCUT2D eigenvalue weighted by atomic mass is 10.0. The molecule has 1 unspecified atom stereocenters. The van der Waals surface area contributed by atoms with Gasteiger partial charge in [-0.05, 0) is 39.5 Å². The highest BCUT2D eigenvalue weighted by atomic mass is 16.6. The van der Waals surface area contributed by atoms with Crippen LogP contribution in [0.5, 0.6) is 0 Å². The van der Waals surface area contributed by atoms with Gasteiger partial charge in [0, 0.05) is 52.4 Å². The van der Waals surface area contributed by atoms with Gasteiger partial charge in [-0.3, -0.25) is 4.90 Å². The monoisotopic (exact) mass is 327 g/mol. The van der Waals surface area contributed by atoms with E-state index < -0.39 is 5.60 Å². The average Bonchev–Trinajstić information content (AvgIpc) is 2.51. The van der Waals surface area contributed by atoms with E-state index in [-0.39, 0.29) is 6.09 Å². The maximum absolute atomic E-state index is 12.0. The lowest BCUT2D eigenvalue weighted by Gasteiger charge is -2.35. The summed E-state index contributed by atoms with van der Waals surface area (Å²) in [5, 5.41) is 3.54. The smallest absolute Gasteiger partial charge is 0.410 e. The maximum atomic E-state index is 12.0. The van der Waals surface area contributed by atoms with Crippen molar-refractivity contribution in [3.05, 3.63) is 0 Å². The molecule has 2 heterocycles. The number of amides is 1. The van der Waals surface area contributed by atoms with Gasteiger partial charge in [-0.25, -0.2) is 4.79 Å². The number of carbonyl (C=O) groups excluding carboxylic acids is 1. The minimum absolute atomic E-state index is 0.187. The van der Waals surface area contributed by atoms with Crippen LogP contribution >= 0.6 is 0 Å². The molecule has 1 amide bonds. The zero-order valence-electron chi connectivity index (χ0n) is 15.0. The Morgan fingerprint density at radius 2 is 2.00 bits per heavy atom. The molecule has 2 aliphatic rings. The molecular weight excluding hydrogens is 294 g/mol. The fourth-order valence-electron chi connectivity index (χ4n) is 2.99. The van der Waals surface area contributed by atoms with E-state index in [4.69, 9.17) is 9.47 Å². The Morgan fingerprint density at radius 3 is 2.61 bits per heavy atom. The molecule has 0 aromatic rings. The van der Waals surface area contributed by atoms with E-state index in [9.17, 15) is 4.79 Å². The summed E-state index contributed by atoms with van der Waals surface area (Å²) in [6.45, 7) is 14.0. The molecule has 0 aromatic carbocycles. The Bertz CT molecular complexity index is 357. The lowest BCUT2D eigenvalue weighted by molar-refractivity contribution is 0.0145. The number of nitrogens with one attached hydrogen (secondary N) is 1. The Morgan fingerprint density at radius 1 is 1.26 bits per heavy atom. The van der Waals surface area contributed by atoms with Crippen LogP contribution in [0.3, 0.4) is 0 Å². The van der Waals surface area contributed by atoms with Crippen molar-refractivity contribution in [2.45, 2.75) is 39.2 Å². The third-order valence-corrected chi connectivity index (χ3v) is 4.32. The van der Waals surface area contributed by atoms with Crippen LogP contribution in [0, 0.1) is 5.92 Å². The molecule has 0 aliphatic carbocycles. The second-order valence-corrected chi connectivity index (χ2v) is 7.60. The largest absolute Gasteiger partial charge is 0.444 e. The fraction of sp³-hybridized carbons (Fsp3) is 0.941. The third kappa shape index (κ3) is 7.06. The first kappa shape index (κ1) is 18.5. The van der Waals surface area contributed by atoms with Crippen LogP contribution < -0.4 is 5.32 Å². The van der Waals surface area contributed by atoms with Gasteiger partial charge in [0.2, 0.25) is 0 Å². The van der Waals surface area contributed by atoms with Gasteiger partial charge in [-0.15, -0.1) is 0 Å². The molecule has 1 atom stereocenters. The summed E-state index contributed by atoms with van der Waals surface area (Å²) in [5.74, 6) is 0.674. The van der Waals surface area contributed by atoms with Crippen molar-refractivity contribution >= 4 is 6.09 Å². The number of ether oxygens (including phenoxy) is 2. The summed E-state index contributed by atoms with van der Waals surface area (Å²) >= 11 is 0. The summed E-state index contributed by atoms with van der Waals surface area (Å²) in [6.07, 6.45) is 2.29. The van der Waals surface area contributed by atoms with Gasteiger partial charge < -0.3 is 19.7 Å². The Balaban J connectivity index is 1.55. The molecule has 1 N–H and O–H groups in total. The maximum Gasteiger partial charge on any atom is 0.410 e. The number of carbonyl (C=O) groups is 1. The number of nitrogens with zero attached hydrogens (tertiary/aromatic N) is 2. The zero-order chi connectivity index (χ0) is 16.7. The second kappa shape index (κ2) is 8.85. The summed E-state index contributed by atoms with van der Waals surface area (Å²) in [4.78, 5) is 16.2. The first-order chi connectivity index (χ1) is 10.9. The summed E-state index contributed by atoms with van der Waals surface area (Å²) < 4.78 is 10.9. The van der Waals surface area contributed by atoms with Crippen LogP contribution in [-0.4, -0.2) is 80.5 Å². The number of hydrogen-bond donors (Lipinski definition) is 1. The molecule has 0 aromatic heterocycles. The highest BCUT2D eigenvalue weighted by Gasteiger charge is 2.25. The molecule has 0 saturated carbocycles. The van der Waals surface area contributed by atoms with Gasteiger partial charge in [0.1, 0.15) is 5.60 Å². The van der Waals surface area contributed by atoms with Crippen LogP contribution in [0.25, 0.3) is 0 Å². The minimum Gasteiger partial charge on any atom is -0.444 e. The molecule has 6 nitrogen and oxygen atoms in total. The van der Waals surface area contributed by atoms with Crippen LogP contribution in [0.15, 0.2) is 0 Å². The molecule has 2 aliphatic heterocycles. The number of piperazine rings is 1. The van der Waals surface area contributed by atoms with Gasteiger partial charge in [0.25, 0.3) is 0 Å². The molecule has 0 radical (unpaired) electrons. The van der Waals surface area contributed by atoms with Gasteiger partial charge in [-0.2, -0.15) is 0 Å². The summed E-state index contributed by atoms with van der Waals surface area (Å²) in [7, 11) is 0. The van der Waals surface area contributed by atoms with Crippen LogP contribution in [0.4, 0.5) is 4.79 Å². The van der Waals surface area contributed by atoms with Crippen LogP contribution in [-0.2, 0) is 9.47 Å².